The van der Waals surface area contributed by atoms with E-state index >= 15 is 0 Å². The van der Waals surface area contributed by atoms with Crippen LogP contribution >= 0.6 is 11.3 Å². The van der Waals surface area contributed by atoms with Gasteiger partial charge in [0, 0.05) is 11.1 Å². The summed E-state index contributed by atoms with van der Waals surface area (Å²) in [4.78, 5) is 4.78. The molecule has 7 heteroatoms. The van der Waals surface area contributed by atoms with E-state index in [-0.39, 0.29) is 11.5 Å². The van der Waals surface area contributed by atoms with E-state index in [1.54, 1.807) is 23.8 Å². The van der Waals surface area contributed by atoms with Crippen LogP contribution in [-0.2, 0) is 0 Å². The minimum absolute atomic E-state index is 0.0324. The maximum Gasteiger partial charge on any atom is 0.387 e. The second-order valence-corrected chi connectivity index (χ2v) is 4.59. The van der Waals surface area contributed by atoms with Crippen LogP contribution in [0.2, 0.25) is 0 Å². The second-order valence-electron chi connectivity index (χ2n) is 3.67. The van der Waals surface area contributed by atoms with Crippen LogP contribution in [0.15, 0.2) is 29.9 Å². The van der Waals surface area contributed by atoms with E-state index < -0.39 is 12.7 Å². The van der Waals surface area contributed by atoms with E-state index in [9.17, 15) is 8.78 Å². The number of nitrogens with zero attached hydrogens (tertiary/aromatic N) is 1. The smallest absolute Gasteiger partial charge is 0.387 e. The molecule has 0 bridgehead atoms. The molecule has 2 rings (SSSR count). The van der Waals surface area contributed by atoms with Gasteiger partial charge in [0.15, 0.2) is 11.5 Å². The molecule has 1 atom stereocenters. The fourth-order valence-corrected chi connectivity index (χ4v) is 2.27. The number of methoxy groups -OCH3 is 1. The second kappa shape index (κ2) is 5.94. The number of hydrogen-bond donors (Lipinski definition) is 1. The van der Waals surface area contributed by atoms with Crippen LogP contribution in [0.5, 0.6) is 11.5 Å². The fraction of sp³-hybridized carbons (Fsp3) is 0.250. The van der Waals surface area contributed by atoms with Crippen molar-refractivity contribution in [3.05, 3.63) is 40.3 Å². The quantitative estimate of drug-likeness (QED) is 0.918. The number of halogens is 2. The highest BCUT2D eigenvalue weighted by atomic mass is 32.1. The molecule has 102 valence electrons. The predicted molar refractivity (Wildman–Crippen MR) is 67.8 cm³/mol. The van der Waals surface area contributed by atoms with Crippen molar-refractivity contribution in [1.29, 1.82) is 0 Å². The zero-order valence-electron chi connectivity index (χ0n) is 10.0. The van der Waals surface area contributed by atoms with Gasteiger partial charge in [0.2, 0.25) is 0 Å². The van der Waals surface area contributed by atoms with Crippen LogP contribution in [0.4, 0.5) is 8.78 Å². The van der Waals surface area contributed by atoms with E-state index in [0.29, 0.717) is 5.56 Å². The molecule has 1 aromatic carbocycles. The van der Waals surface area contributed by atoms with Crippen molar-refractivity contribution in [1.82, 2.24) is 4.98 Å². The Bertz CT molecular complexity index is 535. The fourth-order valence-electron chi connectivity index (χ4n) is 1.62. The lowest BCUT2D eigenvalue weighted by Crippen LogP contribution is -2.11. The summed E-state index contributed by atoms with van der Waals surface area (Å²) >= 11 is 1.40. The van der Waals surface area contributed by atoms with Gasteiger partial charge in [0.1, 0.15) is 0 Å². The molecule has 2 N–H and O–H groups in total. The molecule has 0 spiro atoms. The maximum absolute atomic E-state index is 12.3. The molecule has 4 nitrogen and oxygen atoms in total. The SMILES string of the molecule is COc1ccc(C(N)c2cncs2)cc1OC(F)F. The third-order valence-electron chi connectivity index (χ3n) is 2.52. The first-order valence-electron chi connectivity index (χ1n) is 5.38. The van der Waals surface area contributed by atoms with Gasteiger partial charge in [-0.2, -0.15) is 8.78 Å². The highest BCUT2D eigenvalue weighted by molar-refractivity contribution is 7.09. The van der Waals surface area contributed by atoms with Crippen molar-refractivity contribution in [2.75, 3.05) is 7.11 Å². The highest BCUT2D eigenvalue weighted by Crippen LogP contribution is 2.33. The topological polar surface area (TPSA) is 57.4 Å². The zero-order chi connectivity index (χ0) is 13.8. The largest absolute Gasteiger partial charge is 0.493 e. The summed E-state index contributed by atoms with van der Waals surface area (Å²) in [6.45, 7) is -2.91. The summed E-state index contributed by atoms with van der Waals surface area (Å²) in [7, 11) is 1.39. The molecule has 0 saturated heterocycles. The summed E-state index contributed by atoms with van der Waals surface area (Å²) < 4.78 is 34.0. The van der Waals surface area contributed by atoms with E-state index in [4.69, 9.17) is 10.5 Å². The number of alkyl halides is 2. The lowest BCUT2D eigenvalue weighted by atomic mass is 10.1. The van der Waals surface area contributed by atoms with E-state index in [1.165, 1.54) is 24.5 Å². The Labute approximate surface area is 112 Å². The van der Waals surface area contributed by atoms with E-state index in [0.717, 1.165) is 4.88 Å². The monoisotopic (exact) mass is 286 g/mol. The number of thiazole rings is 1. The van der Waals surface area contributed by atoms with Crippen molar-refractivity contribution in [2.24, 2.45) is 5.73 Å². The van der Waals surface area contributed by atoms with Crippen LogP contribution in [0.25, 0.3) is 0 Å². The molecule has 1 unspecified atom stereocenters. The first-order chi connectivity index (χ1) is 9.11. The summed E-state index contributed by atoms with van der Waals surface area (Å²) in [5.41, 5.74) is 8.35. The van der Waals surface area contributed by atoms with Crippen molar-refractivity contribution in [2.45, 2.75) is 12.7 Å². The van der Waals surface area contributed by atoms with Gasteiger partial charge in [-0.15, -0.1) is 11.3 Å². The van der Waals surface area contributed by atoms with Gasteiger partial charge in [-0.05, 0) is 17.7 Å². The molecular weight excluding hydrogens is 274 g/mol. The van der Waals surface area contributed by atoms with Gasteiger partial charge >= 0.3 is 6.61 Å². The van der Waals surface area contributed by atoms with E-state index in [1.807, 2.05) is 0 Å². The van der Waals surface area contributed by atoms with Gasteiger partial charge in [0.25, 0.3) is 0 Å². The third-order valence-corrected chi connectivity index (χ3v) is 3.38. The summed E-state index contributed by atoms with van der Waals surface area (Å²) in [6.07, 6.45) is 1.65. The van der Waals surface area contributed by atoms with Gasteiger partial charge in [-0.25, -0.2) is 0 Å². The predicted octanol–water partition coefficient (Wildman–Crippen LogP) is 2.80. The molecule has 0 fully saturated rings. The molecule has 2 aromatic rings. The molecule has 1 heterocycles. The Hall–Kier alpha value is -1.73. The van der Waals surface area contributed by atoms with Gasteiger partial charge in [-0.3, -0.25) is 4.98 Å². The summed E-state index contributed by atoms with van der Waals surface area (Å²) in [6, 6.07) is 4.28. The van der Waals surface area contributed by atoms with Crippen molar-refractivity contribution in [3.63, 3.8) is 0 Å². The van der Waals surface area contributed by atoms with Crippen molar-refractivity contribution >= 4 is 11.3 Å². The average molecular weight is 286 g/mol. The Morgan fingerprint density at radius 2 is 2.11 bits per heavy atom. The van der Waals surface area contributed by atoms with E-state index in [2.05, 4.69) is 9.72 Å². The molecule has 0 aliphatic carbocycles. The summed E-state index contributed by atoms with van der Waals surface area (Å²) in [5, 5.41) is 0. The Kier molecular flexibility index (Phi) is 4.28. The van der Waals surface area contributed by atoms with Crippen LogP contribution in [0, 0.1) is 0 Å². The van der Waals surface area contributed by atoms with Crippen LogP contribution < -0.4 is 15.2 Å². The first-order valence-corrected chi connectivity index (χ1v) is 6.26. The average Bonchev–Trinajstić information content (AvgIpc) is 2.91. The number of rotatable bonds is 5. The number of hydrogen-bond acceptors (Lipinski definition) is 5. The zero-order valence-corrected chi connectivity index (χ0v) is 10.9. The first kappa shape index (κ1) is 13.7. The molecule has 0 radical (unpaired) electrons. The lowest BCUT2D eigenvalue weighted by Gasteiger charge is -2.14. The Balaban J connectivity index is 2.31. The molecule has 0 aliphatic rings. The molecule has 0 amide bonds. The van der Waals surface area contributed by atoms with Crippen LogP contribution in [0.3, 0.4) is 0 Å². The minimum Gasteiger partial charge on any atom is -0.493 e. The molecule has 1 aromatic heterocycles. The molecule has 0 saturated carbocycles. The van der Waals surface area contributed by atoms with Crippen molar-refractivity contribution < 1.29 is 18.3 Å². The maximum atomic E-state index is 12.3. The number of ether oxygens (including phenoxy) is 2. The van der Waals surface area contributed by atoms with Crippen LogP contribution in [-0.4, -0.2) is 18.7 Å². The minimum atomic E-state index is -2.91. The van der Waals surface area contributed by atoms with Crippen molar-refractivity contribution in [3.8, 4) is 11.5 Å². The molecular formula is C12H12F2N2O2S. The van der Waals surface area contributed by atoms with Gasteiger partial charge in [0.05, 0.1) is 18.7 Å². The van der Waals surface area contributed by atoms with Gasteiger partial charge < -0.3 is 15.2 Å². The van der Waals surface area contributed by atoms with Gasteiger partial charge in [-0.1, -0.05) is 6.07 Å². The third kappa shape index (κ3) is 3.18. The standard InChI is InChI=1S/C12H12F2N2O2S/c1-17-8-3-2-7(4-9(8)18-12(13)14)11(15)10-5-16-6-19-10/h2-6,11-12H,15H2,1H3. The normalized spacial score (nSPS) is 12.5. The Morgan fingerprint density at radius 3 is 2.68 bits per heavy atom. The number of nitrogens with two attached hydrogens (primary N) is 1. The highest BCUT2D eigenvalue weighted by Gasteiger charge is 2.16. The lowest BCUT2D eigenvalue weighted by molar-refractivity contribution is -0.0512. The Morgan fingerprint density at radius 1 is 1.32 bits per heavy atom. The number of aromatic nitrogens is 1. The van der Waals surface area contributed by atoms with Crippen LogP contribution in [0.1, 0.15) is 16.5 Å². The molecule has 19 heavy (non-hydrogen) atoms. The molecule has 0 aliphatic heterocycles. The number of benzene rings is 1. The summed E-state index contributed by atoms with van der Waals surface area (Å²) in [5.74, 6) is 0.204.